The van der Waals surface area contributed by atoms with E-state index in [1.54, 1.807) is 12.1 Å². The Morgan fingerprint density at radius 3 is 2.61 bits per heavy atom. The third kappa shape index (κ3) is 4.49. The van der Waals surface area contributed by atoms with Crippen LogP contribution >= 0.6 is 24.0 Å². The van der Waals surface area contributed by atoms with E-state index in [2.05, 4.69) is 10.3 Å². The molecule has 0 unspecified atom stereocenters. The van der Waals surface area contributed by atoms with Crippen LogP contribution in [0, 0.1) is 5.82 Å². The van der Waals surface area contributed by atoms with Crippen LogP contribution in [0.1, 0.15) is 50.0 Å². The van der Waals surface area contributed by atoms with Crippen LogP contribution in [0.2, 0.25) is 0 Å². The van der Waals surface area contributed by atoms with Crippen LogP contribution in [0.15, 0.2) is 23.2 Å². The van der Waals surface area contributed by atoms with Crippen molar-refractivity contribution in [3.8, 4) is 5.75 Å². The summed E-state index contributed by atoms with van der Waals surface area (Å²) in [6.07, 6.45) is 6.76. The van der Waals surface area contributed by atoms with E-state index in [9.17, 15) is 4.39 Å². The molecule has 2 aliphatic rings. The van der Waals surface area contributed by atoms with Gasteiger partial charge in [-0.15, -0.1) is 24.0 Å². The smallest absolute Gasteiger partial charge is 0.189 e. The number of nitrogens with zero attached hydrogens (tertiary/aromatic N) is 1. The number of aliphatic imine (C=N–C) groups is 1. The second-order valence-corrected chi connectivity index (χ2v) is 6.36. The SMILES string of the molecule is COc1ccc(C2CC(NC(N)=NC3CCCC3)C2)cc1F.I. The highest BCUT2D eigenvalue weighted by Crippen LogP contribution is 2.38. The van der Waals surface area contributed by atoms with Gasteiger partial charge in [0, 0.05) is 6.04 Å². The number of hydrogen-bond donors (Lipinski definition) is 2. The molecule has 128 valence electrons. The first-order valence-corrected chi connectivity index (χ1v) is 8.09. The molecule has 0 aliphatic heterocycles. The van der Waals surface area contributed by atoms with Crippen LogP contribution < -0.4 is 15.8 Å². The maximum absolute atomic E-state index is 13.7. The summed E-state index contributed by atoms with van der Waals surface area (Å²) in [5.74, 6) is 0.956. The standard InChI is InChI=1S/C17H24FN3O.HI/c1-22-16-7-6-11(10-15(16)18)12-8-14(9-12)21-17(19)20-13-4-2-3-5-13;/h6-7,10,12-14H,2-5,8-9H2,1H3,(H3,19,20,21);1H. The molecule has 1 aromatic rings. The lowest BCUT2D eigenvalue weighted by molar-refractivity contribution is 0.321. The number of nitrogens with one attached hydrogen (secondary N) is 1. The molecule has 0 amide bonds. The number of rotatable bonds is 4. The van der Waals surface area contributed by atoms with E-state index in [0.29, 0.717) is 29.7 Å². The predicted molar refractivity (Wildman–Crippen MR) is 101 cm³/mol. The molecule has 0 bridgehead atoms. The third-order valence-electron chi connectivity index (χ3n) is 4.78. The van der Waals surface area contributed by atoms with Crippen LogP contribution in [-0.2, 0) is 0 Å². The Hall–Kier alpha value is -1.05. The van der Waals surface area contributed by atoms with E-state index in [0.717, 1.165) is 31.2 Å². The van der Waals surface area contributed by atoms with Crippen molar-refractivity contribution >= 4 is 29.9 Å². The number of nitrogens with two attached hydrogens (primary N) is 1. The summed E-state index contributed by atoms with van der Waals surface area (Å²) in [7, 11) is 1.48. The second-order valence-electron chi connectivity index (χ2n) is 6.36. The Kier molecular flexibility index (Phi) is 6.50. The summed E-state index contributed by atoms with van der Waals surface area (Å²) < 4.78 is 18.7. The van der Waals surface area contributed by atoms with Crippen molar-refractivity contribution in [2.75, 3.05) is 7.11 Å². The topological polar surface area (TPSA) is 59.6 Å². The van der Waals surface area contributed by atoms with Crippen LogP contribution in [-0.4, -0.2) is 25.2 Å². The average Bonchev–Trinajstić information content (AvgIpc) is 2.95. The first-order valence-electron chi connectivity index (χ1n) is 8.09. The minimum absolute atomic E-state index is 0. The minimum atomic E-state index is -0.293. The number of benzene rings is 1. The van der Waals surface area contributed by atoms with Crippen molar-refractivity contribution in [1.82, 2.24) is 5.32 Å². The fourth-order valence-corrected chi connectivity index (χ4v) is 3.42. The van der Waals surface area contributed by atoms with Gasteiger partial charge in [-0.2, -0.15) is 0 Å². The highest BCUT2D eigenvalue weighted by molar-refractivity contribution is 14.0. The first-order chi connectivity index (χ1) is 10.7. The Morgan fingerprint density at radius 2 is 2.00 bits per heavy atom. The molecule has 2 saturated carbocycles. The zero-order chi connectivity index (χ0) is 15.5. The maximum atomic E-state index is 13.7. The largest absolute Gasteiger partial charge is 0.494 e. The summed E-state index contributed by atoms with van der Waals surface area (Å²) in [5.41, 5.74) is 7.00. The van der Waals surface area contributed by atoms with Crippen LogP contribution in [0.5, 0.6) is 5.75 Å². The first kappa shape index (κ1) is 18.3. The van der Waals surface area contributed by atoms with Crippen molar-refractivity contribution in [1.29, 1.82) is 0 Å². The number of methoxy groups -OCH3 is 1. The molecule has 0 atom stereocenters. The predicted octanol–water partition coefficient (Wildman–Crippen LogP) is 3.55. The van der Waals surface area contributed by atoms with Gasteiger partial charge in [-0.3, -0.25) is 4.99 Å². The van der Waals surface area contributed by atoms with Gasteiger partial charge in [0.25, 0.3) is 0 Å². The number of ether oxygens (including phenoxy) is 1. The lowest BCUT2D eigenvalue weighted by Crippen LogP contribution is -2.47. The number of halogens is 2. The van der Waals surface area contributed by atoms with Crippen LogP contribution in [0.3, 0.4) is 0 Å². The van der Waals surface area contributed by atoms with Gasteiger partial charge >= 0.3 is 0 Å². The maximum Gasteiger partial charge on any atom is 0.189 e. The lowest BCUT2D eigenvalue weighted by atomic mass is 9.76. The average molecular weight is 433 g/mol. The zero-order valence-electron chi connectivity index (χ0n) is 13.4. The monoisotopic (exact) mass is 433 g/mol. The molecule has 0 radical (unpaired) electrons. The molecule has 0 heterocycles. The molecule has 23 heavy (non-hydrogen) atoms. The molecule has 4 nitrogen and oxygen atoms in total. The molecule has 1 aromatic carbocycles. The molecule has 0 saturated heterocycles. The van der Waals surface area contributed by atoms with Crippen LogP contribution in [0.4, 0.5) is 4.39 Å². The Morgan fingerprint density at radius 1 is 1.30 bits per heavy atom. The summed E-state index contributed by atoms with van der Waals surface area (Å²) in [6, 6.07) is 5.97. The Bertz CT molecular complexity index is 555. The normalized spacial score (nSPS) is 24.7. The zero-order valence-corrected chi connectivity index (χ0v) is 15.8. The van der Waals surface area contributed by atoms with E-state index in [1.165, 1.54) is 20.0 Å². The van der Waals surface area contributed by atoms with Gasteiger partial charge in [0.05, 0.1) is 13.2 Å². The van der Waals surface area contributed by atoms with Gasteiger partial charge in [-0.1, -0.05) is 18.9 Å². The van der Waals surface area contributed by atoms with Crippen molar-refractivity contribution in [3.05, 3.63) is 29.6 Å². The highest BCUT2D eigenvalue weighted by Gasteiger charge is 2.31. The summed E-state index contributed by atoms with van der Waals surface area (Å²) >= 11 is 0. The third-order valence-corrected chi connectivity index (χ3v) is 4.78. The van der Waals surface area contributed by atoms with E-state index in [1.807, 2.05) is 6.07 Å². The number of guanidine groups is 1. The minimum Gasteiger partial charge on any atom is -0.494 e. The molecular weight excluding hydrogens is 408 g/mol. The van der Waals surface area contributed by atoms with E-state index < -0.39 is 0 Å². The summed E-state index contributed by atoms with van der Waals surface area (Å²) in [5, 5.41) is 3.29. The van der Waals surface area contributed by atoms with Crippen molar-refractivity contribution in [3.63, 3.8) is 0 Å². The molecule has 3 rings (SSSR count). The summed E-state index contributed by atoms with van der Waals surface area (Å²) in [6.45, 7) is 0. The second kappa shape index (κ2) is 8.17. The van der Waals surface area contributed by atoms with E-state index >= 15 is 0 Å². The van der Waals surface area contributed by atoms with Crippen LogP contribution in [0.25, 0.3) is 0 Å². The molecule has 2 aliphatic carbocycles. The highest BCUT2D eigenvalue weighted by atomic mass is 127. The van der Waals surface area contributed by atoms with Gasteiger partial charge in [0.1, 0.15) is 0 Å². The molecule has 0 spiro atoms. The fraction of sp³-hybridized carbons (Fsp3) is 0.588. The molecule has 6 heteroatoms. The number of hydrogen-bond acceptors (Lipinski definition) is 2. The van der Waals surface area contributed by atoms with Gasteiger partial charge in [-0.25, -0.2) is 4.39 Å². The van der Waals surface area contributed by atoms with E-state index in [4.69, 9.17) is 10.5 Å². The van der Waals surface area contributed by atoms with Gasteiger partial charge in [0.2, 0.25) is 0 Å². The molecule has 3 N–H and O–H groups in total. The lowest BCUT2D eigenvalue weighted by Gasteiger charge is -2.36. The fourth-order valence-electron chi connectivity index (χ4n) is 3.42. The van der Waals surface area contributed by atoms with Crippen molar-refractivity contribution < 1.29 is 9.13 Å². The Balaban J connectivity index is 0.00000192. The van der Waals surface area contributed by atoms with Gasteiger partial charge in [0.15, 0.2) is 17.5 Å². The quantitative estimate of drug-likeness (QED) is 0.434. The Labute approximate surface area is 154 Å². The van der Waals surface area contributed by atoms with Gasteiger partial charge in [-0.05, 0) is 49.3 Å². The molecule has 2 fully saturated rings. The molecular formula is C17H25FIN3O. The van der Waals surface area contributed by atoms with Crippen molar-refractivity contribution in [2.24, 2.45) is 10.7 Å². The summed E-state index contributed by atoms with van der Waals surface area (Å²) in [4.78, 5) is 4.54. The molecule has 0 aromatic heterocycles. The van der Waals surface area contributed by atoms with Gasteiger partial charge < -0.3 is 15.8 Å². The van der Waals surface area contributed by atoms with E-state index in [-0.39, 0.29) is 29.8 Å². The van der Waals surface area contributed by atoms with Crippen molar-refractivity contribution in [2.45, 2.75) is 56.5 Å².